The Morgan fingerprint density at radius 1 is 1.20 bits per heavy atom. The second-order valence-corrected chi connectivity index (χ2v) is 3.17. The summed E-state index contributed by atoms with van der Waals surface area (Å²) in [5, 5.41) is 1.10. The maximum Gasteiger partial charge on any atom is 0.162 e. The van der Waals surface area contributed by atoms with Crippen molar-refractivity contribution in [3.8, 4) is 11.5 Å². The van der Waals surface area contributed by atoms with Crippen LogP contribution in [0.3, 0.4) is 0 Å². The van der Waals surface area contributed by atoms with Crippen molar-refractivity contribution in [2.24, 2.45) is 0 Å². The van der Waals surface area contributed by atoms with E-state index in [1.807, 2.05) is 29.0 Å². The number of ether oxygens (including phenoxy) is 2. The molecule has 1 aromatic carbocycles. The molecule has 0 saturated heterocycles. The van der Waals surface area contributed by atoms with Crippen LogP contribution in [0.25, 0.3) is 17.1 Å². The Hall–Kier alpha value is -1.90. The van der Waals surface area contributed by atoms with Gasteiger partial charge in [-0.15, -0.1) is 0 Å². The van der Waals surface area contributed by atoms with E-state index in [4.69, 9.17) is 9.47 Å². The zero-order valence-electron chi connectivity index (χ0n) is 8.86. The second kappa shape index (κ2) is 3.69. The minimum atomic E-state index is 0.729. The smallest absolute Gasteiger partial charge is 0.162 e. The maximum absolute atomic E-state index is 5.24. The van der Waals surface area contributed by atoms with E-state index in [9.17, 15) is 0 Å². The van der Waals surface area contributed by atoms with Crippen LogP contribution in [0.2, 0.25) is 0 Å². The first kappa shape index (κ1) is 9.65. The summed E-state index contributed by atoms with van der Waals surface area (Å²) in [6.07, 6.45) is 3.71. The molecule has 78 valence electrons. The highest BCUT2D eigenvalue weighted by Crippen LogP contribution is 2.32. The van der Waals surface area contributed by atoms with Gasteiger partial charge in [0.1, 0.15) is 0 Å². The van der Waals surface area contributed by atoms with Gasteiger partial charge >= 0.3 is 0 Å². The van der Waals surface area contributed by atoms with Crippen molar-refractivity contribution in [1.29, 1.82) is 0 Å². The van der Waals surface area contributed by atoms with Crippen molar-refractivity contribution >= 4 is 17.1 Å². The van der Waals surface area contributed by atoms with Gasteiger partial charge in [0, 0.05) is 23.8 Å². The standard InChI is InChI=1S/C12H13NO2/c1-4-13-6-5-9-7-11(14-2)12(15-3)8-10(9)13/h4-8H,1H2,2-3H3. The van der Waals surface area contributed by atoms with E-state index in [1.54, 1.807) is 20.4 Å². The zero-order valence-corrected chi connectivity index (χ0v) is 8.86. The first-order valence-electron chi connectivity index (χ1n) is 4.65. The van der Waals surface area contributed by atoms with Gasteiger partial charge < -0.3 is 14.0 Å². The van der Waals surface area contributed by atoms with Crippen molar-refractivity contribution in [3.05, 3.63) is 31.0 Å². The van der Waals surface area contributed by atoms with Crippen LogP contribution in [0.1, 0.15) is 0 Å². The Labute approximate surface area is 88.5 Å². The highest BCUT2D eigenvalue weighted by Gasteiger charge is 2.07. The number of rotatable bonds is 3. The monoisotopic (exact) mass is 203 g/mol. The molecular formula is C12H13NO2. The Morgan fingerprint density at radius 3 is 2.47 bits per heavy atom. The lowest BCUT2D eigenvalue weighted by Crippen LogP contribution is -1.91. The van der Waals surface area contributed by atoms with Gasteiger partial charge in [-0.05, 0) is 12.1 Å². The summed E-state index contributed by atoms with van der Waals surface area (Å²) >= 11 is 0. The summed E-state index contributed by atoms with van der Waals surface area (Å²) < 4.78 is 12.4. The molecule has 1 heterocycles. The van der Waals surface area contributed by atoms with E-state index in [0.717, 1.165) is 22.4 Å². The molecule has 15 heavy (non-hydrogen) atoms. The van der Waals surface area contributed by atoms with E-state index in [2.05, 4.69) is 6.58 Å². The molecule has 0 saturated carbocycles. The third-order valence-electron chi connectivity index (χ3n) is 2.42. The Balaban J connectivity index is 2.72. The van der Waals surface area contributed by atoms with E-state index >= 15 is 0 Å². The van der Waals surface area contributed by atoms with Crippen LogP contribution in [0.5, 0.6) is 11.5 Å². The summed E-state index contributed by atoms with van der Waals surface area (Å²) in [6.45, 7) is 3.74. The molecule has 0 unspecified atom stereocenters. The first-order chi connectivity index (χ1) is 7.30. The predicted molar refractivity (Wildman–Crippen MR) is 61.4 cm³/mol. The average Bonchev–Trinajstić information content (AvgIpc) is 2.68. The Morgan fingerprint density at radius 2 is 1.87 bits per heavy atom. The van der Waals surface area contributed by atoms with Crippen LogP contribution < -0.4 is 9.47 Å². The molecule has 0 aliphatic carbocycles. The molecule has 0 radical (unpaired) electrons. The largest absolute Gasteiger partial charge is 0.493 e. The summed E-state index contributed by atoms with van der Waals surface area (Å²) in [7, 11) is 3.26. The Bertz CT molecular complexity index is 500. The van der Waals surface area contributed by atoms with Crippen LogP contribution in [-0.2, 0) is 0 Å². The topological polar surface area (TPSA) is 23.4 Å². The van der Waals surface area contributed by atoms with Gasteiger partial charge in [-0.1, -0.05) is 6.58 Å². The Kier molecular flexibility index (Phi) is 2.37. The van der Waals surface area contributed by atoms with Gasteiger partial charge in [0.15, 0.2) is 11.5 Å². The summed E-state index contributed by atoms with van der Waals surface area (Å²) in [4.78, 5) is 0. The summed E-state index contributed by atoms with van der Waals surface area (Å²) in [5.74, 6) is 1.47. The SMILES string of the molecule is C=Cn1ccc2cc(OC)c(OC)cc21. The molecule has 0 amide bonds. The van der Waals surface area contributed by atoms with Crippen LogP contribution >= 0.6 is 0 Å². The minimum absolute atomic E-state index is 0.729. The number of nitrogens with zero attached hydrogens (tertiary/aromatic N) is 1. The number of benzene rings is 1. The number of methoxy groups -OCH3 is 2. The zero-order chi connectivity index (χ0) is 10.8. The van der Waals surface area contributed by atoms with E-state index in [1.165, 1.54) is 0 Å². The van der Waals surface area contributed by atoms with Crippen molar-refractivity contribution in [1.82, 2.24) is 4.57 Å². The normalized spacial score (nSPS) is 10.3. The molecule has 0 bridgehead atoms. The third-order valence-corrected chi connectivity index (χ3v) is 2.42. The fourth-order valence-electron chi connectivity index (χ4n) is 1.64. The highest BCUT2D eigenvalue weighted by atomic mass is 16.5. The predicted octanol–water partition coefficient (Wildman–Crippen LogP) is 2.76. The van der Waals surface area contributed by atoms with Gasteiger partial charge in [0.05, 0.1) is 19.7 Å². The first-order valence-corrected chi connectivity index (χ1v) is 4.65. The molecule has 0 fully saturated rings. The summed E-state index contributed by atoms with van der Waals surface area (Å²) in [6, 6.07) is 5.91. The molecule has 2 aromatic rings. The van der Waals surface area contributed by atoms with Crippen molar-refractivity contribution in [3.63, 3.8) is 0 Å². The van der Waals surface area contributed by atoms with Gasteiger partial charge in [-0.25, -0.2) is 0 Å². The molecular weight excluding hydrogens is 190 g/mol. The second-order valence-electron chi connectivity index (χ2n) is 3.17. The lowest BCUT2D eigenvalue weighted by molar-refractivity contribution is 0.356. The lowest BCUT2D eigenvalue weighted by atomic mass is 10.2. The van der Waals surface area contributed by atoms with Gasteiger partial charge in [-0.3, -0.25) is 0 Å². The van der Waals surface area contributed by atoms with Crippen LogP contribution in [0.15, 0.2) is 31.0 Å². The molecule has 3 nitrogen and oxygen atoms in total. The quantitative estimate of drug-likeness (QED) is 0.765. The van der Waals surface area contributed by atoms with Gasteiger partial charge in [0.25, 0.3) is 0 Å². The van der Waals surface area contributed by atoms with Crippen molar-refractivity contribution < 1.29 is 9.47 Å². The van der Waals surface area contributed by atoms with E-state index < -0.39 is 0 Å². The lowest BCUT2D eigenvalue weighted by Gasteiger charge is -2.08. The maximum atomic E-state index is 5.24. The van der Waals surface area contributed by atoms with Crippen LogP contribution in [0, 0.1) is 0 Å². The van der Waals surface area contributed by atoms with E-state index in [0.29, 0.717) is 0 Å². The molecule has 0 N–H and O–H groups in total. The summed E-state index contributed by atoms with van der Waals surface area (Å²) in [5.41, 5.74) is 1.06. The fourth-order valence-corrected chi connectivity index (χ4v) is 1.64. The number of hydrogen-bond acceptors (Lipinski definition) is 2. The van der Waals surface area contributed by atoms with E-state index in [-0.39, 0.29) is 0 Å². The third kappa shape index (κ3) is 1.46. The molecule has 2 rings (SSSR count). The average molecular weight is 203 g/mol. The molecule has 3 heteroatoms. The van der Waals surface area contributed by atoms with Crippen LogP contribution in [-0.4, -0.2) is 18.8 Å². The highest BCUT2D eigenvalue weighted by molar-refractivity contribution is 5.85. The molecule has 0 atom stereocenters. The number of hydrogen-bond donors (Lipinski definition) is 0. The van der Waals surface area contributed by atoms with Gasteiger partial charge in [-0.2, -0.15) is 0 Å². The van der Waals surface area contributed by atoms with Gasteiger partial charge in [0.2, 0.25) is 0 Å². The minimum Gasteiger partial charge on any atom is -0.493 e. The number of fused-ring (bicyclic) bond motifs is 1. The van der Waals surface area contributed by atoms with Crippen LogP contribution in [0.4, 0.5) is 0 Å². The number of aromatic nitrogens is 1. The molecule has 0 aliphatic rings. The molecule has 0 spiro atoms. The van der Waals surface area contributed by atoms with Crippen molar-refractivity contribution in [2.45, 2.75) is 0 Å². The fraction of sp³-hybridized carbons (Fsp3) is 0.167. The molecule has 1 aromatic heterocycles. The molecule has 0 aliphatic heterocycles. The van der Waals surface area contributed by atoms with Crippen molar-refractivity contribution in [2.75, 3.05) is 14.2 Å².